The summed E-state index contributed by atoms with van der Waals surface area (Å²) in [5.41, 5.74) is 31.3. The molecule has 9 nitrogen and oxygen atoms in total. The SMILES string of the molecule is c1ccc(-n2c3ccccc3c3c4oc5c(ccc6c5c5ccccc5n6-c5ccc(-c6cccc7c6oc6ccccc67)cc5)c4ccc32)cc1.c1ccc(-n2c3ccccc3c3c4oc5c(ccc6c5c5ccccc5n6-c5ccc(-c6cccc7c6sc6ccccc67)cc5)c4ccc32)cc1.c1ccc(-n2c3ccccc3c3c4sc5c(ccc6c5c5ccccc5n6-c5ccccc5)c4ccc32)cc1. The van der Waals surface area contributed by atoms with Gasteiger partial charge in [0.2, 0.25) is 0 Å². The van der Waals surface area contributed by atoms with E-state index < -0.39 is 0 Å². The van der Waals surface area contributed by atoms with E-state index in [9.17, 15) is 0 Å². The van der Waals surface area contributed by atoms with E-state index in [1.807, 2.05) is 34.8 Å². The molecular formula is C132H78N6O3S2. The van der Waals surface area contributed by atoms with Crippen molar-refractivity contribution in [2.24, 2.45) is 0 Å². The van der Waals surface area contributed by atoms with Crippen LogP contribution in [0.2, 0.25) is 0 Å². The number of aromatic nitrogens is 6. The molecule has 22 aromatic carbocycles. The summed E-state index contributed by atoms with van der Waals surface area (Å²) in [6, 6.07) is 170. The Hall–Kier alpha value is -18.5. The highest BCUT2D eigenvalue weighted by Crippen LogP contribution is 2.53. The lowest BCUT2D eigenvalue weighted by Gasteiger charge is -2.10. The number of hydrogen-bond acceptors (Lipinski definition) is 5. The van der Waals surface area contributed by atoms with Crippen molar-refractivity contribution in [1.82, 2.24) is 27.4 Å². The number of rotatable bonds is 8. The Bertz CT molecular complexity index is 10500. The Morgan fingerprint density at radius 2 is 0.399 bits per heavy atom. The molecule has 143 heavy (non-hydrogen) atoms. The van der Waals surface area contributed by atoms with Gasteiger partial charge in [-0.2, -0.15) is 0 Å². The van der Waals surface area contributed by atoms with Crippen LogP contribution < -0.4 is 0 Å². The number of benzene rings is 22. The maximum absolute atomic E-state index is 7.11. The van der Waals surface area contributed by atoms with Crippen LogP contribution in [0.25, 0.3) is 293 Å². The molecule has 0 fully saturated rings. The van der Waals surface area contributed by atoms with Crippen LogP contribution in [-0.2, 0) is 0 Å². The first-order chi connectivity index (χ1) is 71.0. The number of thiophene rings is 2. The van der Waals surface area contributed by atoms with Crippen molar-refractivity contribution in [3.63, 3.8) is 0 Å². The van der Waals surface area contributed by atoms with Crippen molar-refractivity contribution >= 4 is 260 Å². The van der Waals surface area contributed by atoms with E-state index in [0.29, 0.717) is 0 Å². The number of fused-ring (bicyclic) bond motifs is 39. The molecule has 0 radical (unpaired) electrons. The molecule has 0 atom stereocenters. The van der Waals surface area contributed by atoms with E-state index in [1.54, 1.807) is 0 Å². The van der Waals surface area contributed by atoms with Gasteiger partial charge in [0.1, 0.15) is 33.5 Å². The molecule has 11 heteroatoms. The number of hydrogen-bond donors (Lipinski definition) is 0. The first-order valence-electron chi connectivity index (χ1n) is 48.7. The molecule has 0 spiro atoms. The third kappa shape index (κ3) is 11.7. The summed E-state index contributed by atoms with van der Waals surface area (Å²) < 4.78 is 40.2. The first-order valence-corrected chi connectivity index (χ1v) is 50.3. The third-order valence-corrected chi connectivity index (χ3v) is 32.4. The third-order valence-electron chi connectivity index (χ3n) is 30.0. The lowest BCUT2D eigenvalue weighted by molar-refractivity contribution is 0.670. The lowest BCUT2D eigenvalue weighted by Crippen LogP contribution is -1.93. The van der Waals surface area contributed by atoms with Gasteiger partial charge in [-0.15, -0.1) is 22.7 Å². The molecule has 11 heterocycles. The van der Waals surface area contributed by atoms with Crippen LogP contribution in [0.5, 0.6) is 0 Å². The van der Waals surface area contributed by atoms with Gasteiger partial charge in [0.15, 0.2) is 0 Å². The van der Waals surface area contributed by atoms with Crippen LogP contribution in [-0.4, -0.2) is 27.4 Å². The largest absolute Gasteiger partial charge is 0.455 e. The predicted octanol–water partition coefficient (Wildman–Crippen LogP) is 37.4. The van der Waals surface area contributed by atoms with Crippen LogP contribution in [0, 0.1) is 0 Å². The fourth-order valence-electron chi connectivity index (χ4n) is 23.9. The predicted molar refractivity (Wildman–Crippen MR) is 604 cm³/mol. The monoisotopic (exact) mass is 1860 g/mol. The highest BCUT2D eigenvalue weighted by Gasteiger charge is 2.29. The molecule has 33 aromatic rings. The summed E-state index contributed by atoms with van der Waals surface area (Å²) in [4.78, 5) is 0. The molecule has 0 aliphatic rings. The second-order valence-electron chi connectivity index (χ2n) is 37.4. The van der Waals surface area contributed by atoms with E-state index in [4.69, 9.17) is 13.3 Å². The van der Waals surface area contributed by atoms with Crippen LogP contribution in [0.4, 0.5) is 0 Å². The van der Waals surface area contributed by atoms with Gasteiger partial charge >= 0.3 is 0 Å². The van der Waals surface area contributed by atoms with Crippen molar-refractivity contribution < 1.29 is 13.3 Å². The Morgan fingerprint density at radius 3 is 0.769 bits per heavy atom. The molecule has 0 saturated heterocycles. The van der Waals surface area contributed by atoms with Gasteiger partial charge in [0, 0.05) is 155 Å². The summed E-state index contributed by atoms with van der Waals surface area (Å²) in [6.07, 6.45) is 0. The fourth-order valence-corrected chi connectivity index (χ4v) is 26.5. The highest BCUT2D eigenvalue weighted by molar-refractivity contribution is 7.28. The van der Waals surface area contributed by atoms with Gasteiger partial charge in [-0.05, 0) is 199 Å². The van der Waals surface area contributed by atoms with Gasteiger partial charge in [0.05, 0.1) is 87.7 Å². The minimum Gasteiger partial charge on any atom is -0.455 e. The van der Waals surface area contributed by atoms with Crippen LogP contribution in [0.1, 0.15) is 0 Å². The van der Waals surface area contributed by atoms with Crippen LogP contribution >= 0.6 is 22.7 Å². The molecule has 0 bridgehead atoms. The Kier molecular flexibility index (Phi) is 17.2. The average molecular weight is 1860 g/mol. The van der Waals surface area contributed by atoms with Crippen molar-refractivity contribution in [3.8, 4) is 56.4 Å². The van der Waals surface area contributed by atoms with Crippen molar-refractivity contribution in [3.05, 3.63) is 473 Å². The minimum absolute atomic E-state index is 0.909. The summed E-state index contributed by atoms with van der Waals surface area (Å²) >= 11 is 3.82. The van der Waals surface area contributed by atoms with Crippen LogP contribution in [0.3, 0.4) is 0 Å². The van der Waals surface area contributed by atoms with Gasteiger partial charge in [-0.1, -0.05) is 291 Å². The van der Waals surface area contributed by atoms with E-state index in [1.165, 1.54) is 139 Å². The summed E-state index contributed by atoms with van der Waals surface area (Å²) in [5.74, 6) is 0. The molecule has 0 aliphatic heterocycles. The van der Waals surface area contributed by atoms with E-state index in [0.717, 1.165) is 154 Å². The Balaban J connectivity index is 0.0000000993. The molecule has 33 rings (SSSR count). The maximum Gasteiger partial charge on any atom is 0.145 e. The first kappa shape index (κ1) is 79.5. The molecule has 0 unspecified atom stereocenters. The second-order valence-corrected chi connectivity index (χ2v) is 39.5. The molecule has 11 aromatic heterocycles. The average Bonchev–Trinajstić information content (AvgIpc) is 1.55. The quantitative estimate of drug-likeness (QED) is 0.152. The Morgan fingerprint density at radius 1 is 0.140 bits per heavy atom. The topological polar surface area (TPSA) is 69.0 Å². The minimum atomic E-state index is 0.909. The molecule has 0 aliphatic carbocycles. The molecule has 666 valence electrons. The molecule has 0 N–H and O–H groups in total. The van der Waals surface area contributed by atoms with Crippen molar-refractivity contribution in [1.29, 1.82) is 0 Å². The van der Waals surface area contributed by atoms with E-state index in [2.05, 4.69) is 488 Å². The summed E-state index contributed by atoms with van der Waals surface area (Å²) in [7, 11) is 0. The lowest BCUT2D eigenvalue weighted by atomic mass is 10.0. The summed E-state index contributed by atoms with van der Waals surface area (Å²) in [5, 5.41) is 26.7. The van der Waals surface area contributed by atoms with Gasteiger partial charge < -0.3 is 40.7 Å². The molecule has 0 saturated carbocycles. The second kappa shape index (κ2) is 31.0. The number of nitrogens with zero attached hydrogens (tertiary/aromatic N) is 6. The maximum atomic E-state index is 7.11. The molecular weight excluding hydrogens is 1780 g/mol. The van der Waals surface area contributed by atoms with Gasteiger partial charge in [-0.25, -0.2) is 0 Å². The van der Waals surface area contributed by atoms with Gasteiger partial charge in [-0.3, -0.25) is 0 Å². The van der Waals surface area contributed by atoms with Crippen LogP contribution in [0.15, 0.2) is 486 Å². The standard InChI is InChI=1S/C48H28N2O2.C48H28N2OS.C36H22N2S/c1-2-11-30(12-3-1)49-39-18-7-4-14-37(39)44-41(49)27-25-35-36-26-28-42-45(48(36)52-47(35)44)38-15-5-8-19-40(38)50(42)31-23-21-29(22-24-31)32-16-10-17-34-33-13-6-9-20-43(33)51-46(32)34;1-2-11-30(12-3-1)49-39-18-7-4-14-37(39)44-41(49)27-25-34-35-26-28-42-45(47(35)51-46(34)44)38-15-5-8-19-40(38)50(42)31-23-21-29(22-24-31)32-16-10-17-36-33-13-6-9-20-43(33)52-48(32)36;1-3-11-23(12-4-1)37-29-17-9-7-15-27(29)33-31(37)21-19-25-26-20-22-32-34(36(26)39-35(25)33)28-16-8-10-18-30(28)38(32)24-13-5-2-6-14-24/h2*1-28H;1-22H. The number of para-hydroxylation sites is 12. The molecule has 0 amide bonds. The zero-order valence-corrected chi connectivity index (χ0v) is 78.4. The zero-order valence-electron chi connectivity index (χ0n) is 76.8. The Labute approximate surface area is 823 Å². The van der Waals surface area contributed by atoms with E-state index in [-0.39, 0.29) is 0 Å². The van der Waals surface area contributed by atoms with Crippen molar-refractivity contribution in [2.45, 2.75) is 0 Å². The zero-order chi connectivity index (χ0) is 93.3. The number of furan rings is 3. The smallest absolute Gasteiger partial charge is 0.145 e. The summed E-state index contributed by atoms with van der Waals surface area (Å²) in [6.45, 7) is 0. The normalized spacial score (nSPS) is 12.2. The van der Waals surface area contributed by atoms with Crippen molar-refractivity contribution in [2.75, 3.05) is 0 Å². The van der Waals surface area contributed by atoms with Gasteiger partial charge in [0.25, 0.3) is 0 Å². The fraction of sp³-hybridized carbons (Fsp3) is 0. The van der Waals surface area contributed by atoms with E-state index >= 15 is 0 Å². The highest BCUT2D eigenvalue weighted by atomic mass is 32.1.